The van der Waals surface area contributed by atoms with Crippen LogP contribution in [-0.4, -0.2) is 20.9 Å². The van der Waals surface area contributed by atoms with Crippen LogP contribution in [0.1, 0.15) is 60.9 Å². The lowest BCUT2D eigenvalue weighted by Gasteiger charge is -2.25. The van der Waals surface area contributed by atoms with Crippen LogP contribution >= 0.6 is 0 Å². The molecule has 5 rings (SSSR count). The number of carbonyl (C=O) groups is 1. The van der Waals surface area contributed by atoms with Crippen LogP contribution in [0, 0.1) is 6.92 Å². The van der Waals surface area contributed by atoms with Gasteiger partial charge in [0.15, 0.2) is 0 Å². The third kappa shape index (κ3) is 4.56. The summed E-state index contributed by atoms with van der Waals surface area (Å²) in [5.41, 5.74) is 4.95. The summed E-state index contributed by atoms with van der Waals surface area (Å²) in [6.45, 7) is 2.01. The summed E-state index contributed by atoms with van der Waals surface area (Å²) >= 11 is 0. The summed E-state index contributed by atoms with van der Waals surface area (Å²) in [5.74, 6) is -1.38. The van der Waals surface area contributed by atoms with Gasteiger partial charge in [-0.25, -0.2) is 0 Å². The minimum atomic E-state index is -0.788. The minimum absolute atomic E-state index is 0.343. The van der Waals surface area contributed by atoms with Gasteiger partial charge in [0.25, 0.3) is 0 Å². The quantitative estimate of drug-likeness (QED) is 0.355. The molecule has 1 N–H and O–H groups in total. The second-order valence-corrected chi connectivity index (χ2v) is 9.33. The highest BCUT2D eigenvalue weighted by atomic mass is 16.4. The Labute approximate surface area is 194 Å². The maximum Gasteiger partial charge on any atom is 0.311 e. The van der Waals surface area contributed by atoms with E-state index in [1.54, 1.807) is 0 Å². The average molecular weight is 439 g/mol. The number of carboxylic acid groups (broad SMARTS) is 1. The van der Waals surface area contributed by atoms with E-state index in [-0.39, 0.29) is 0 Å². The fourth-order valence-electron chi connectivity index (χ4n) is 5.16. The second kappa shape index (κ2) is 9.22. The van der Waals surface area contributed by atoms with Crippen LogP contribution in [0.2, 0.25) is 0 Å². The number of hydrogen-bond donors (Lipinski definition) is 1. The molecule has 1 aliphatic rings. The van der Waals surface area contributed by atoms with E-state index in [1.165, 1.54) is 30.0 Å². The van der Waals surface area contributed by atoms with E-state index < -0.39 is 11.9 Å². The fraction of sp³-hybridized carbons (Fsp3) is 0.310. The first-order valence-electron chi connectivity index (χ1n) is 12.0. The molecule has 0 aliphatic heterocycles. The largest absolute Gasteiger partial charge is 0.481 e. The number of aryl methyl sites for hydroxylation is 1. The molecule has 168 valence electrons. The molecule has 1 atom stereocenters. The van der Waals surface area contributed by atoms with Gasteiger partial charge in [-0.1, -0.05) is 85.5 Å². The Morgan fingerprint density at radius 3 is 2.52 bits per heavy atom. The summed E-state index contributed by atoms with van der Waals surface area (Å²) < 4.78 is 2.15. The molecule has 33 heavy (non-hydrogen) atoms. The second-order valence-electron chi connectivity index (χ2n) is 9.33. The Bertz CT molecular complexity index is 1280. The van der Waals surface area contributed by atoms with Crippen LogP contribution in [0.25, 0.3) is 22.0 Å². The first kappa shape index (κ1) is 21.4. The normalized spacial score (nSPS) is 15.5. The SMILES string of the molecule is Cc1cccc(C(Cc2cc(-c3ccc4ccccc4c3)nn2C2CCCCC2)C(=O)O)c1. The van der Waals surface area contributed by atoms with Crippen LogP contribution in [0.3, 0.4) is 0 Å². The predicted octanol–water partition coefficient (Wildman–Crippen LogP) is 6.93. The zero-order valence-electron chi connectivity index (χ0n) is 19.1. The van der Waals surface area contributed by atoms with Crippen LogP contribution < -0.4 is 0 Å². The summed E-state index contributed by atoms with van der Waals surface area (Å²) in [5, 5.41) is 17.5. The number of rotatable bonds is 6. The van der Waals surface area contributed by atoms with Crippen molar-refractivity contribution in [1.29, 1.82) is 0 Å². The molecular formula is C29H30N2O2. The van der Waals surface area contributed by atoms with Crippen LogP contribution in [0.4, 0.5) is 0 Å². The predicted molar refractivity (Wildman–Crippen MR) is 133 cm³/mol. The van der Waals surface area contributed by atoms with Crippen molar-refractivity contribution in [2.75, 3.05) is 0 Å². The van der Waals surface area contributed by atoms with Crippen LogP contribution in [0.15, 0.2) is 72.8 Å². The Morgan fingerprint density at radius 2 is 1.76 bits per heavy atom. The first-order chi connectivity index (χ1) is 16.1. The van der Waals surface area contributed by atoms with Gasteiger partial charge in [0.05, 0.1) is 17.7 Å². The molecule has 0 saturated heterocycles. The Kier molecular flexibility index (Phi) is 5.99. The number of benzene rings is 3. The van der Waals surface area contributed by atoms with Crippen molar-refractivity contribution in [1.82, 2.24) is 9.78 Å². The van der Waals surface area contributed by atoms with Crippen molar-refractivity contribution >= 4 is 16.7 Å². The van der Waals surface area contributed by atoms with E-state index >= 15 is 0 Å². The molecular weight excluding hydrogens is 408 g/mol. The molecule has 0 radical (unpaired) electrons. The molecule has 1 aromatic heterocycles. The molecule has 3 aromatic carbocycles. The highest BCUT2D eigenvalue weighted by molar-refractivity contribution is 5.86. The van der Waals surface area contributed by atoms with Crippen LogP contribution in [0.5, 0.6) is 0 Å². The molecule has 1 saturated carbocycles. The maximum absolute atomic E-state index is 12.3. The summed E-state index contributed by atoms with van der Waals surface area (Å²) in [4.78, 5) is 12.3. The monoisotopic (exact) mass is 438 g/mol. The van der Waals surface area contributed by atoms with E-state index in [0.717, 1.165) is 40.9 Å². The molecule has 1 unspecified atom stereocenters. The van der Waals surface area contributed by atoms with E-state index in [0.29, 0.717) is 12.5 Å². The standard InChI is InChI=1S/C29H30N2O2/c1-20-8-7-11-23(16-20)27(29(32)33)18-26-19-28(30-31(26)25-12-3-2-4-13-25)24-15-14-21-9-5-6-10-22(21)17-24/h5-11,14-17,19,25,27H,2-4,12-13,18H2,1H3,(H,32,33). The maximum atomic E-state index is 12.3. The number of nitrogens with zero attached hydrogens (tertiary/aromatic N) is 2. The lowest BCUT2D eigenvalue weighted by molar-refractivity contribution is -0.138. The fourth-order valence-corrected chi connectivity index (χ4v) is 5.16. The number of fused-ring (bicyclic) bond motifs is 1. The van der Waals surface area contributed by atoms with Gasteiger partial charge in [0.2, 0.25) is 0 Å². The highest BCUT2D eigenvalue weighted by Gasteiger charge is 2.26. The van der Waals surface area contributed by atoms with Crippen molar-refractivity contribution in [2.45, 2.75) is 57.4 Å². The summed E-state index contributed by atoms with van der Waals surface area (Å²) in [6.07, 6.45) is 6.33. The third-order valence-electron chi connectivity index (χ3n) is 6.93. The molecule has 1 heterocycles. The van der Waals surface area contributed by atoms with Crippen molar-refractivity contribution in [3.05, 3.63) is 89.6 Å². The van der Waals surface area contributed by atoms with Crippen LogP contribution in [-0.2, 0) is 11.2 Å². The van der Waals surface area contributed by atoms with Gasteiger partial charge < -0.3 is 5.11 Å². The molecule has 0 bridgehead atoms. The smallest absolute Gasteiger partial charge is 0.311 e. The zero-order chi connectivity index (χ0) is 22.8. The van der Waals surface area contributed by atoms with E-state index in [2.05, 4.69) is 53.2 Å². The Balaban J connectivity index is 1.55. The topological polar surface area (TPSA) is 55.1 Å². The minimum Gasteiger partial charge on any atom is -0.481 e. The number of aliphatic carboxylic acids is 1. The molecule has 4 heteroatoms. The van der Waals surface area contributed by atoms with Gasteiger partial charge in [-0.15, -0.1) is 0 Å². The third-order valence-corrected chi connectivity index (χ3v) is 6.93. The average Bonchev–Trinajstić information content (AvgIpc) is 3.26. The van der Waals surface area contributed by atoms with Crippen molar-refractivity contribution in [3.63, 3.8) is 0 Å². The highest BCUT2D eigenvalue weighted by Crippen LogP contribution is 2.34. The lowest BCUT2D eigenvalue weighted by Crippen LogP contribution is -2.20. The number of carboxylic acids is 1. The van der Waals surface area contributed by atoms with Crippen molar-refractivity contribution in [3.8, 4) is 11.3 Å². The Hall–Kier alpha value is -3.40. The van der Waals surface area contributed by atoms with Crippen molar-refractivity contribution < 1.29 is 9.90 Å². The zero-order valence-corrected chi connectivity index (χ0v) is 19.1. The van der Waals surface area contributed by atoms with Gasteiger partial charge in [0, 0.05) is 17.7 Å². The lowest BCUT2D eigenvalue weighted by atomic mass is 9.91. The van der Waals surface area contributed by atoms with Gasteiger partial charge in [-0.2, -0.15) is 5.10 Å². The number of hydrogen-bond acceptors (Lipinski definition) is 2. The molecule has 0 amide bonds. The summed E-state index contributed by atoms with van der Waals surface area (Å²) in [6, 6.07) is 25.1. The molecule has 4 nitrogen and oxygen atoms in total. The molecule has 4 aromatic rings. The van der Waals surface area contributed by atoms with Gasteiger partial charge >= 0.3 is 5.97 Å². The molecule has 0 spiro atoms. The van der Waals surface area contributed by atoms with E-state index in [9.17, 15) is 9.90 Å². The first-order valence-corrected chi connectivity index (χ1v) is 12.0. The molecule has 1 fully saturated rings. The Morgan fingerprint density at radius 1 is 0.970 bits per heavy atom. The number of aromatic nitrogens is 2. The van der Waals surface area contributed by atoms with Gasteiger partial charge in [0.1, 0.15) is 0 Å². The summed E-state index contributed by atoms with van der Waals surface area (Å²) in [7, 11) is 0. The van der Waals surface area contributed by atoms with E-state index in [4.69, 9.17) is 5.10 Å². The van der Waals surface area contributed by atoms with Gasteiger partial charge in [-0.3, -0.25) is 9.48 Å². The molecule has 1 aliphatic carbocycles. The van der Waals surface area contributed by atoms with E-state index in [1.807, 2.05) is 31.2 Å². The van der Waals surface area contributed by atoms with Crippen molar-refractivity contribution in [2.24, 2.45) is 0 Å². The van der Waals surface area contributed by atoms with Gasteiger partial charge in [-0.05, 0) is 48.2 Å².